The van der Waals surface area contributed by atoms with E-state index in [1.165, 1.54) is 11.1 Å². The highest BCUT2D eigenvalue weighted by atomic mass is 16.5. The second-order valence-corrected chi connectivity index (χ2v) is 5.43. The van der Waals surface area contributed by atoms with E-state index in [1.807, 2.05) is 19.1 Å². The van der Waals surface area contributed by atoms with Crippen molar-refractivity contribution in [3.8, 4) is 5.75 Å². The minimum atomic E-state index is -0.0911. The van der Waals surface area contributed by atoms with E-state index in [0.29, 0.717) is 12.4 Å². The van der Waals surface area contributed by atoms with Crippen LogP contribution >= 0.6 is 0 Å². The molecule has 1 aliphatic rings. The summed E-state index contributed by atoms with van der Waals surface area (Å²) in [5.74, 6) is 0.326. The number of phenolic OH excluding ortho intramolecular Hbond substituents is 1. The van der Waals surface area contributed by atoms with E-state index in [9.17, 15) is 5.11 Å². The summed E-state index contributed by atoms with van der Waals surface area (Å²) < 4.78 is 5.85. The van der Waals surface area contributed by atoms with E-state index < -0.39 is 0 Å². The lowest BCUT2D eigenvalue weighted by Crippen LogP contribution is -2.56. The fraction of sp³-hybridized carbons (Fsp3) is 0.625. The van der Waals surface area contributed by atoms with Gasteiger partial charge in [0.25, 0.3) is 0 Å². The lowest BCUT2D eigenvalue weighted by molar-refractivity contribution is 0.0119. The van der Waals surface area contributed by atoms with Crippen LogP contribution < -0.4 is 5.73 Å². The van der Waals surface area contributed by atoms with E-state index in [4.69, 9.17) is 10.5 Å². The largest absolute Gasteiger partial charge is 0.508 e. The zero-order chi connectivity index (χ0) is 14.0. The first-order valence-electron chi connectivity index (χ1n) is 7.28. The minimum absolute atomic E-state index is 0.0169. The number of ether oxygens (including phenoxy) is 1. The molecule has 0 bridgehead atoms. The molecule has 3 nitrogen and oxygen atoms in total. The summed E-state index contributed by atoms with van der Waals surface area (Å²) >= 11 is 0. The van der Waals surface area contributed by atoms with Crippen molar-refractivity contribution in [2.45, 2.75) is 57.6 Å². The molecule has 0 heterocycles. The molecule has 2 unspecified atom stereocenters. The molecular weight excluding hydrogens is 238 g/mol. The monoisotopic (exact) mass is 263 g/mol. The van der Waals surface area contributed by atoms with Crippen molar-refractivity contribution in [2.75, 3.05) is 6.61 Å². The summed E-state index contributed by atoms with van der Waals surface area (Å²) in [7, 11) is 0. The van der Waals surface area contributed by atoms with Gasteiger partial charge in [-0.25, -0.2) is 0 Å². The molecule has 0 saturated heterocycles. The highest BCUT2D eigenvalue weighted by Gasteiger charge is 2.45. The van der Waals surface area contributed by atoms with Crippen LogP contribution in [0.25, 0.3) is 0 Å². The molecule has 0 aromatic heterocycles. The van der Waals surface area contributed by atoms with Gasteiger partial charge in [0.15, 0.2) is 0 Å². The third kappa shape index (κ3) is 2.26. The maximum atomic E-state index is 9.79. The number of phenols is 1. The second-order valence-electron chi connectivity index (χ2n) is 5.43. The van der Waals surface area contributed by atoms with Gasteiger partial charge < -0.3 is 15.6 Å². The van der Waals surface area contributed by atoms with Gasteiger partial charge in [0.2, 0.25) is 0 Å². The smallest absolute Gasteiger partial charge is 0.115 e. The molecule has 3 heteroatoms. The zero-order valence-corrected chi connectivity index (χ0v) is 12.1. The van der Waals surface area contributed by atoms with E-state index in [0.717, 1.165) is 19.3 Å². The number of hydrogen-bond acceptors (Lipinski definition) is 3. The molecule has 3 N–H and O–H groups in total. The van der Waals surface area contributed by atoms with Crippen LogP contribution in [0.3, 0.4) is 0 Å². The maximum absolute atomic E-state index is 9.79. The van der Waals surface area contributed by atoms with Crippen molar-refractivity contribution in [1.82, 2.24) is 0 Å². The average Bonchev–Trinajstić information content (AvgIpc) is 2.41. The molecule has 1 aliphatic carbocycles. The van der Waals surface area contributed by atoms with Crippen LogP contribution in [0.1, 0.15) is 44.7 Å². The Kier molecular flexibility index (Phi) is 4.16. The van der Waals surface area contributed by atoms with Gasteiger partial charge in [-0.2, -0.15) is 0 Å². The van der Waals surface area contributed by atoms with Gasteiger partial charge in [-0.3, -0.25) is 0 Å². The summed E-state index contributed by atoms with van der Waals surface area (Å²) in [4.78, 5) is 0. The van der Waals surface area contributed by atoms with Crippen molar-refractivity contribution in [3.05, 3.63) is 29.3 Å². The van der Waals surface area contributed by atoms with E-state index >= 15 is 0 Å². The minimum Gasteiger partial charge on any atom is -0.508 e. The standard InChI is InChI=1S/C16H25NO2/c1-4-16(5-2)13-10-12(18)8-7-11(13)9-14(15(16)17)19-6-3/h7-8,10,14-15,18H,4-6,9,17H2,1-3H3. The van der Waals surface area contributed by atoms with Gasteiger partial charge in [0, 0.05) is 24.5 Å². The summed E-state index contributed by atoms with van der Waals surface area (Å²) in [5, 5.41) is 9.79. The molecule has 19 heavy (non-hydrogen) atoms. The Hall–Kier alpha value is -1.06. The van der Waals surface area contributed by atoms with Crippen molar-refractivity contribution >= 4 is 0 Å². The number of aromatic hydroxyl groups is 1. The summed E-state index contributed by atoms with van der Waals surface area (Å²) in [6, 6.07) is 5.65. The van der Waals surface area contributed by atoms with Crippen LogP contribution in [-0.2, 0) is 16.6 Å². The molecule has 1 aromatic carbocycles. The molecular formula is C16H25NO2. The van der Waals surface area contributed by atoms with Crippen LogP contribution in [-0.4, -0.2) is 23.9 Å². The molecule has 0 fully saturated rings. The second kappa shape index (κ2) is 5.51. The highest BCUT2D eigenvalue weighted by Crippen LogP contribution is 2.43. The van der Waals surface area contributed by atoms with Crippen LogP contribution in [0.2, 0.25) is 0 Å². The van der Waals surface area contributed by atoms with Crippen molar-refractivity contribution < 1.29 is 9.84 Å². The molecule has 0 saturated carbocycles. The van der Waals surface area contributed by atoms with Gasteiger partial charge >= 0.3 is 0 Å². The average molecular weight is 263 g/mol. The number of nitrogens with two attached hydrogens (primary N) is 1. The maximum Gasteiger partial charge on any atom is 0.115 e. The summed E-state index contributed by atoms with van der Waals surface area (Å²) in [6.45, 7) is 7.05. The van der Waals surface area contributed by atoms with Crippen LogP contribution in [0.15, 0.2) is 18.2 Å². The Bertz CT molecular complexity index is 440. The third-order valence-corrected chi connectivity index (χ3v) is 4.73. The first kappa shape index (κ1) is 14.4. The van der Waals surface area contributed by atoms with Crippen LogP contribution in [0.4, 0.5) is 0 Å². The lowest BCUT2D eigenvalue weighted by Gasteiger charge is -2.47. The van der Waals surface area contributed by atoms with Gasteiger partial charge in [-0.05, 0) is 43.0 Å². The first-order chi connectivity index (χ1) is 9.08. The van der Waals surface area contributed by atoms with Crippen LogP contribution in [0.5, 0.6) is 5.75 Å². The summed E-state index contributed by atoms with van der Waals surface area (Å²) in [5.41, 5.74) is 8.91. The van der Waals surface area contributed by atoms with Crippen LogP contribution in [0, 0.1) is 0 Å². The Morgan fingerprint density at radius 1 is 1.32 bits per heavy atom. The zero-order valence-electron chi connectivity index (χ0n) is 12.1. The number of rotatable bonds is 4. The van der Waals surface area contributed by atoms with Crippen molar-refractivity contribution in [2.24, 2.45) is 5.73 Å². The normalized spacial score (nSPS) is 25.1. The first-order valence-corrected chi connectivity index (χ1v) is 7.28. The molecule has 0 aliphatic heterocycles. The van der Waals surface area contributed by atoms with Crippen molar-refractivity contribution in [1.29, 1.82) is 0 Å². The molecule has 0 radical (unpaired) electrons. The van der Waals surface area contributed by atoms with Gasteiger partial charge in [0.1, 0.15) is 5.75 Å². The Labute approximate surface area is 115 Å². The molecule has 2 atom stereocenters. The van der Waals surface area contributed by atoms with E-state index in [1.54, 1.807) is 6.07 Å². The lowest BCUT2D eigenvalue weighted by atomic mass is 9.63. The molecule has 2 rings (SSSR count). The fourth-order valence-electron chi connectivity index (χ4n) is 3.56. The fourth-order valence-corrected chi connectivity index (χ4v) is 3.56. The predicted octanol–water partition coefficient (Wildman–Crippen LogP) is 2.74. The van der Waals surface area contributed by atoms with Gasteiger partial charge in [-0.1, -0.05) is 19.9 Å². The SMILES string of the molecule is CCOC1Cc2ccc(O)cc2C(CC)(CC)C1N. The highest BCUT2D eigenvalue weighted by molar-refractivity contribution is 5.44. The number of fused-ring (bicyclic) bond motifs is 1. The predicted molar refractivity (Wildman–Crippen MR) is 77.5 cm³/mol. The van der Waals surface area contributed by atoms with E-state index in [-0.39, 0.29) is 17.6 Å². The number of benzene rings is 1. The molecule has 0 spiro atoms. The molecule has 0 amide bonds. The van der Waals surface area contributed by atoms with Gasteiger partial charge in [0.05, 0.1) is 6.10 Å². The topological polar surface area (TPSA) is 55.5 Å². The number of hydrogen-bond donors (Lipinski definition) is 2. The molecule has 1 aromatic rings. The Morgan fingerprint density at radius 2 is 2.00 bits per heavy atom. The van der Waals surface area contributed by atoms with Gasteiger partial charge in [-0.15, -0.1) is 0 Å². The Morgan fingerprint density at radius 3 is 2.58 bits per heavy atom. The Balaban J connectivity index is 2.53. The van der Waals surface area contributed by atoms with E-state index in [2.05, 4.69) is 13.8 Å². The van der Waals surface area contributed by atoms with Crippen molar-refractivity contribution in [3.63, 3.8) is 0 Å². The quantitative estimate of drug-likeness (QED) is 0.878. The molecule has 106 valence electrons. The third-order valence-electron chi connectivity index (χ3n) is 4.73. The summed E-state index contributed by atoms with van der Waals surface area (Å²) in [6.07, 6.45) is 2.84.